The summed E-state index contributed by atoms with van der Waals surface area (Å²) in [6, 6.07) is 3.51. The van der Waals surface area contributed by atoms with Gasteiger partial charge in [-0.1, -0.05) is 6.07 Å². The van der Waals surface area contributed by atoms with Crippen LogP contribution in [0.4, 0.5) is 8.78 Å². The van der Waals surface area contributed by atoms with Crippen molar-refractivity contribution >= 4 is 6.29 Å². The van der Waals surface area contributed by atoms with Crippen LogP contribution in [0.3, 0.4) is 0 Å². The standard InChI is InChI=1S/C12H12F2O/c13-11-4-3-9(12(14)6-11)5-10(7-15)8-1-2-8/h3-4,6-8,10H,1-2,5H2. The van der Waals surface area contributed by atoms with Gasteiger partial charge in [0, 0.05) is 12.0 Å². The molecule has 1 aliphatic rings. The second-order valence-electron chi connectivity index (χ2n) is 4.08. The fourth-order valence-corrected chi connectivity index (χ4v) is 1.79. The van der Waals surface area contributed by atoms with Crippen molar-refractivity contribution in [2.45, 2.75) is 19.3 Å². The van der Waals surface area contributed by atoms with Crippen LogP contribution in [-0.4, -0.2) is 6.29 Å². The molecule has 0 radical (unpaired) electrons. The lowest BCUT2D eigenvalue weighted by Gasteiger charge is -2.09. The van der Waals surface area contributed by atoms with Gasteiger partial charge in [0.2, 0.25) is 0 Å². The molecule has 1 nitrogen and oxygen atoms in total. The fourth-order valence-electron chi connectivity index (χ4n) is 1.79. The lowest BCUT2D eigenvalue weighted by Crippen LogP contribution is -2.09. The Bertz CT molecular complexity index is 372. The van der Waals surface area contributed by atoms with Crippen LogP contribution in [-0.2, 0) is 11.2 Å². The third-order valence-electron chi connectivity index (χ3n) is 2.87. The number of benzene rings is 1. The van der Waals surface area contributed by atoms with Gasteiger partial charge in [0.1, 0.15) is 17.9 Å². The molecular formula is C12H12F2O. The highest BCUT2D eigenvalue weighted by atomic mass is 19.1. The maximum absolute atomic E-state index is 13.3. The van der Waals surface area contributed by atoms with Crippen LogP contribution in [0.5, 0.6) is 0 Å². The molecule has 1 unspecified atom stereocenters. The minimum absolute atomic E-state index is 0.107. The Morgan fingerprint density at radius 3 is 2.67 bits per heavy atom. The number of aldehydes is 1. The van der Waals surface area contributed by atoms with Gasteiger partial charge in [-0.3, -0.25) is 0 Å². The molecule has 15 heavy (non-hydrogen) atoms. The molecule has 0 aromatic heterocycles. The average Bonchev–Trinajstić information content (AvgIpc) is 3.00. The summed E-state index contributed by atoms with van der Waals surface area (Å²) < 4.78 is 25.9. The predicted molar refractivity (Wildman–Crippen MR) is 52.3 cm³/mol. The van der Waals surface area contributed by atoms with E-state index in [4.69, 9.17) is 0 Å². The van der Waals surface area contributed by atoms with E-state index < -0.39 is 11.6 Å². The third kappa shape index (κ3) is 2.41. The molecule has 0 aliphatic heterocycles. The van der Waals surface area contributed by atoms with Crippen molar-refractivity contribution in [2.75, 3.05) is 0 Å². The van der Waals surface area contributed by atoms with E-state index in [1.54, 1.807) is 0 Å². The summed E-state index contributed by atoms with van der Waals surface area (Å²) in [5, 5.41) is 0. The van der Waals surface area contributed by atoms with Crippen molar-refractivity contribution in [2.24, 2.45) is 11.8 Å². The van der Waals surface area contributed by atoms with Crippen LogP contribution in [0.25, 0.3) is 0 Å². The van der Waals surface area contributed by atoms with Crippen molar-refractivity contribution in [3.05, 3.63) is 35.4 Å². The first-order valence-corrected chi connectivity index (χ1v) is 5.10. The highest BCUT2D eigenvalue weighted by Gasteiger charge is 2.31. The minimum atomic E-state index is -0.578. The van der Waals surface area contributed by atoms with Crippen molar-refractivity contribution in [1.29, 1.82) is 0 Å². The molecule has 3 heteroatoms. The Morgan fingerprint density at radius 2 is 2.13 bits per heavy atom. The van der Waals surface area contributed by atoms with E-state index in [0.717, 1.165) is 25.2 Å². The first-order valence-electron chi connectivity index (χ1n) is 5.10. The number of rotatable bonds is 4. The summed E-state index contributed by atoms with van der Waals surface area (Å²) >= 11 is 0. The average molecular weight is 210 g/mol. The van der Waals surface area contributed by atoms with Gasteiger partial charge >= 0.3 is 0 Å². The van der Waals surface area contributed by atoms with Crippen LogP contribution in [0.15, 0.2) is 18.2 Å². The molecule has 1 aromatic rings. The van der Waals surface area contributed by atoms with Crippen molar-refractivity contribution in [3.63, 3.8) is 0 Å². The molecule has 80 valence electrons. The molecule has 0 heterocycles. The molecule has 0 amide bonds. The molecule has 0 spiro atoms. The Kier molecular flexibility index (Phi) is 2.80. The van der Waals surface area contributed by atoms with Crippen LogP contribution < -0.4 is 0 Å². The lowest BCUT2D eigenvalue weighted by atomic mass is 9.96. The Labute approximate surface area is 87.1 Å². The smallest absolute Gasteiger partial charge is 0.129 e. The van der Waals surface area contributed by atoms with Gasteiger partial charge in [0.25, 0.3) is 0 Å². The molecule has 0 bridgehead atoms. The molecule has 1 saturated carbocycles. The van der Waals surface area contributed by atoms with Crippen LogP contribution >= 0.6 is 0 Å². The van der Waals surface area contributed by atoms with Gasteiger partial charge in [-0.05, 0) is 36.8 Å². The molecule has 1 aliphatic carbocycles. The molecule has 0 saturated heterocycles. The van der Waals surface area contributed by atoms with E-state index in [9.17, 15) is 13.6 Å². The van der Waals surface area contributed by atoms with Gasteiger partial charge in [-0.15, -0.1) is 0 Å². The largest absolute Gasteiger partial charge is 0.303 e. The van der Waals surface area contributed by atoms with Crippen LogP contribution in [0.1, 0.15) is 18.4 Å². The fraction of sp³-hybridized carbons (Fsp3) is 0.417. The minimum Gasteiger partial charge on any atom is -0.303 e. The van der Waals surface area contributed by atoms with E-state index in [1.807, 2.05) is 0 Å². The van der Waals surface area contributed by atoms with Crippen molar-refractivity contribution < 1.29 is 13.6 Å². The topological polar surface area (TPSA) is 17.1 Å². The Balaban J connectivity index is 2.11. The molecule has 0 N–H and O–H groups in total. The number of carbonyl (C=O) groups excluding carboxylic acids is 1. The highest BCUT2D eigenvalue weighted by Crippen LogP contribution is 2.37. The Hall–Kier alpha value is -1.25. The monoisotopic (exact) mass is 210 g/mol. The molecular weight excluding hydrogens is 198 g/mol. The zero-order chi connectivity index (χ0) is 10.8. The summed E-state index contributed by atoms with van der Waals surface area (Å²) in [6.45, 7) is 0. The summed E-state index contributed by atoms with van der Waals surface area (Å²) in [5.41, 5.74) is 0.431. The second-order valence-corrected chi connectivity index (χ2v) is 4.08. The van der Waals surface area contributed by atoms with E-state index in [2.05, 4.69) is 0 Å². The van der Waals surface area contributed by atoms with E-state index in [1.165, 1.54) is 12.1 Å². The van der Waals surface area contributed by atoms with Gasteiger partial charge < -0.3 is 4.79 Å². The lowest BCUT2D eigenvalue weighted by molar-refractivity contribution is -0.111. The first-order chi connectivity index (χ1) is 7.20. The first kappa shape index (κ1) is 10.3. The number of carbonyl (C=O) groups is 1. The highest BCUT2D eigenvalue weighted by molar-refractivity contribution is 5.55. The number of hydrogen-bond donors (Lipinski definition) is 0. The quantitative estimate of drug-likeness (QED) is 0.698. The predicted octanol–water partition coefficient (Wildman–Crippen LogP) is 2.73. The van der Waals surface area contributed by atoms with Crippen molar-refractivity contribution in [1.82, 2.24) is 0 Å². The van der Waals surface area contributed by atoms with Crippen LogP contribution in [0, 0.1) is 23.5 Å². The number of halogens is 2. The molecule has 1 atom stereocenters. The number of hydrogen-bond acceptors (Lipinski definition) is 1. The van der Waals surface area contributed by atoms with Gasteiger partial charge in [0.05, 0.1) is 0 Å². The van der Waals surface area contributed by atoms with Gasteiger partial charge in [-0.25, -0.2) is 8.78 Å². The van der Waals surface area contributed by atoms with Crippen LogP contribution in [0.2, 0.25) is 0 Å². The maximum Gasteiger partial charge on any atom is 0.129 e. The summed E-state index contributed by atoms with van der Waals surface area (Å²) in [6.07, 6.45) is 3.37. The Morgan fingerprint density at radius 1 is 1.40 bits per heavy atom. The third-order valence-corrected chi connectivity index (χ3v) is 2.87. The normalized spacial score (nSPS) is 17.5. The zero-order valence-corrected chi connectivity index (χ0v) is 8.25. The summed E-state index contributed by atoms with van der Waals surface area (Å²) in [7, 11) is 0. The van der Waals surface area contributed by atoms with E-state index >= 15 is 0 Å². The SMILES string of the molecule is O=CC(Cc1ccc(F)cc1F)C1CC1. The summed E-state index contributed by atoms with van der Waals surface area (Å²) in [5.74, 6) is -0.829. The maximum atomic E-state index is 13.3. The van der Waals surface area contributed by atoms with E-state index in [0.29, 0.717) is 17.9 Å². The van der Waals surface area contributed by atoms with Crippen molar-refractivity contribution in [3.8, 4) is 0 Å². The molecule has 2 rings (SSSR count). The molecule has 1 fully saturated rings. The molecule has 1 aromatic carbocycles. The van der Waals surface area contributed by atoms with Gasteiger partial charge in [0.15, 0.2) is 0 Å². The van der Waals surface area contributed by atoms with Gasteiger partial charge in [-0.2, -0.15) is 0 Å². The van der Waals surface area contributed by atoms with E-state index in [-0.39, 0.29) is 5.92 Å². The second kappa shape index (κ2) is 4.09. The zero-order valence-electron chi connectivity index (χ0n) is 8.25. The summed E-state index contributed by atoms with van der Waals surface area (Å²) in [4.78, 5) is 10.8.